The van der Waals surface area contributed by atoms with Crippen molar-refractivity contribution in [1.82, 2.24) is 4.90 Å². The fourth-order valence-corrected chi connectivity index (χ4v) is 1.98. The number of rotatable bonds is 7. The topological polar surface area (TPSA) is 49.8 Å². The van der Waals surface area contributed by atoms with Crippen molar-refractivity contribution < 1.29 is 14.6 Å². The van der Waals surface area contributed by atoms with Gasteiger partial charge in [0.25, 0.3) is 0 Å². The highest BCUT2D eigenvalue weighted by Gasteiger charge is 2.12. The van der Waals surface area contributed by atoms with Crippen molar-refractivity contribution >= 4 is 29.2 Å². The van der Waals surface area contributed by atoms with E-state index in [1.807, 2.05) is 0 Å². The van der Waals surface area contributed by atoms with Crippen molar-refractivity contribution in [2.24, 2.45) is 0 Å². The highest BCUT2D eigenvalue weighted by molar-refractivity contribution is 6.35. The fraction of sp³-hybridized carbons (Fsp3) is 0.417. The van der Waals surface area contributed by atoms with Crippen LogP contribution in [0.15, 0.2) is 18.2 Å². The second-order valence-corrected chi connectivity index (χ2v) is 4.68. The summed E-state index contributed by atoms with van der Waals surface area (Å²) in [6, 6.07) is 5.18. The Labute approximate surface area is 116 Å². The van der Waals surface area contributed by atoms with Crippen molar-refractivity contribution in [3.63, 3.8) is 0 Å². The monoisotopic (exact) mass is 291 g/mol. The number of hydrogen-bond donors (Lipinski definition) is 1. The number of halogens is 2. The van der Waals surface area contributed by atoms with E-state index in [4.69, 9.17) is 33.0 Å². The Morgan fingerprint density at radius 2 is 2.17 bits per heavy atom. The van der Waals surface area contributed by atoms with Gasteiger partial charge in [0.05, 0.1) is 13.2 Å². The van der Waals surface area contributed by atoms with Crippen molar-refractivity contribution in [1.29, 1.82) is 0 Å². The minimum absolute atomic E-state index is 0.0533. The predicted molar refractivity (Wildman–Crippen MR) is 71.3 cm³/mol. The molecule has 0 aliphatic carbocycles. The lowest BCUT2D eigenvalue weighted by molar-refractivity contribution is -0.138. The maximum atomic E-state index is 10.8. The number of benzene rings is 1. The Balaban J connectivity index is 2.71. The average Bonchev–Trinajstić information content (AvgIpc) is 2.29. The molecule has 0 atom stereocenters. The van der Waals surface area contributed by atoms with E-state index in [1.54, 1.807) is 30.2 Å². The second kappa shape index (κ2) is 7.59. The third kappa shape index (κ3) is 5.23. The molecule has 0 fully saturated rings. The van der Waals surface area contributed by atoms with E-state index in [2.05, 4.69) is 0 Å². The zero-order chi connectivity index (χ0) is 13.5. The molecule has 0 aliphatic rings. The molecule has 1 rings (SSSR count). The van der Waals surface area contributed by atoms with Crippen molar-refractivity contribution in [3.8, 4) is 0 Å². The SMILES string of the molecule is COCCN(CC(=O)O)Cc1ccc(Cl)cc1Cl. The second-order valence-electron chi connectivity index (χ2n) is 3.83. The Morgan fingerprint density at radius 3 is 2.72 bits per heavy atom. The summed E-state index contributed by atoms with van der Waals surface area (Å²) in [5, 5.41) is 9.94. The van der Waals surface area contributed by atoms with Gasteiger partial charge in [-0.15, -0.1) is 0 Å². The Kier molecular flexibility index (Phi) is 6.43. The summed E-state index contributed by atoms with van der Waals surface area (Å²) in [6.07, 6.45) is 0. The molecule has 0 aliphatic heterocycles. The van der Waals surface area contributed by atoms with Gasteiger partial charge in [-0.05, 0) is 17.7 Å². The summed E-state index contributed by atoms with van der Waals surface area (Å²) in [6.45, 7) is 1.40. The minimum Gasteiger partial charge on any atom is -0.480 e. The first-order chi connectivity index (χ1) is 8.52. The summed E-state index contributed by atoms with van der Waals surface area (Å²) >= 11 is 11.9. The molecule has 0 bridgehead atoms. The summed E-state index contributed by atoms with van der Waals surface area (Å²) < 4.78 is 4.95. The van der Waals surface area contributed by atoms with Gasteiger partial charge in [0.15, 0.2) is 0 Å². The standard InChI is InChI=1S/C12H15Cl2NO3/c1-18-5-4-15(8-12(16)17)7-9-2-3-10(13)6-11(9)14/h2-3,6H,4-5,7-8H2,1H3,(H,16,17). The van der Waals surface area contributed by atoms with E-state index in [0.717, 1.165) is 5.56 Å². The molecule has 0 unspecified atom stereocenters. The van der Waals surface area contributed by atoms with Crippen LogP contribution >= 0.6 is 23.2 Å². The van der Waals surface area contributed by atoms with E-state index in [9.17, 15) is 4.79 Å². The van der Waals surface area contributed by atoms with Crippen LogP contribution in [-0.4, -0.2) is 42.8 Å². The van der Waals surface area contributed by atoms with Crippen LogP contribution in [0.3, 0.4) is 0 Å². The maximum absolute atomic E-state index is 10.8. The number of carboxylic acids is 1. The van der Waals surface area contributed by atoms with Crippen LogP contribution in [0.25, 0.3) is 0 Å². The van der Waals surface area contributed by atoms with Gasteiger partial charge in [-0.25, -0.2) is 0 Å². The van der Waals surface area contributed by atoms with Crippen LogP contribution in [-0.2, 0) is 16.1 Å². The molecule has 0 spiro atoms. The third-order valence-electron chi connectivity index (χ3n) is 2.38. The molecule has 100 valence electrons. The summed E-state index contributed by atoms with van der Waals surface area (Å²) in [5.41, 5.74) is 0.846. The van der Waals surface area contributed by atoms with Crippen molar-refractivity contribution in [3.05, 3.63) is 33.8 Å². The Morgan fingerprint density at radius 1 is 1.44 bits per heavy atom. The molecule has 4 nitrogen and oxygen atoms in total. The zero-order valence-corrected chi connectivity index (χ0v) is 11.5. The molecule has 0 radical (unpaired) electrons. The molecule has 0 aromatic heterocycles. The van der Waals surface area contributed by atoms with E-state index in [0.29, 0.717) is 29.7 Å². The molecule has 0 saturated heterocycles. The molecule has 1 aromatic carbocycles. The zero-order valence-electron chi connectivity index (χ0n) is 10.0. The third-order valence-corrected chi connectivity index (χ3v) is 2.97. The highest BCUT2D eigenvalue weighted by Crippen LogP contribution is 2.22. The van der Waals surface area contributed by atoms with Crippen LogP contribution in [0.4, 0.5) is 0 Å². The lowest BCUT2D eigenvalue weighted by atomic mass is 10.2. The Bertz CT molecular complexity index is 412. The van der Waals surface area contributed by atoms with E-state index < -0.39 is 5.97 Å². The molecule has 0 amide bonds. The average molecular weight is 292 g/mol. The van der Waals surface area contributed by atoms with Gasteiger partial charge < -0.3 is 9.84 Å². The van der Waals surface area contributed by atoms with Crippen LogP contribution < -0.4 is 0 Å². The van der Waals surface area contributed by atoms with Gasteiger partial charge >= 0.3 is 5.97 Å². The van der Waals surface area contributed by atoms with Crippen LogP contribution in [0.2, 0.25) is 10.0 Å². The molecular weight excluding hydrogens is 277 g/mol. The molecule has 1 N–H and O–H groups in total. The number of carbonyl (C=O) groups is 1. The van der Waals surface area contributed by atoms with Gasteiger partial charge in [-0.2, -0.15) is 0 Å². The maximum Gasteiger partial charge on any atom is 0.317 e. The first kappa shape index (κ1) is 15.2. The van der Waals surface area contributed by atoms with Gasteiger partial charge in [0.1, 0.15) is 0 Å². The number of carboxylic acid groups (broad SMARTS) is 1. The van der Waals surface area contributed by atoms with Crippen LogP contribution in [0, 0.1) is 0 Å². The largest absolute Gasteiger partial charge is 0.480 e. The van der Waals surface area contributed by atoms with Gasteiger partial charge in [-0.1, -0.05) is 29.3 Å². The highest BCUT2D eigenvalue weighted by atomic mass is 35.5. The number of nitrogens with zero attached hydrogens (tertiary/aromatic N) is 1. The lowest BCUT2D eigenvalue weighted by Gasteiger charge is -2.20. The summed E-state index contributed by atoms with van der Waals surface area (Å²) in [4.78, 5) is 12.5. The quantitative estimate of drug-likeness (QED) is 0.839. The summed E-state index contributed by atoms with van der Waals surface area (Å²) in [5.74, 6) is -0.879. The number of methoxy groups -OCH3 is 1. The predicted octanol–water partition coefficient (Wildman–Crippen LogP) is 2.53. The van der Waals surface area contributed by atoms with Gasteiger partial charge in [0.2, 0.25) is 0 Å². The fourth-order valence-electron chi connectivity index (χ4n) is 1.52. The first-order valence-corrected chi connectivity index (χ1v) is 6.15. The normalized spacial score (nSPS) is 10.9. The number of aliphatic carboxylic acids is 1. The number of hydrogen-bond acceptors (Lipinski definition) is 3. The van der Waals surface area contributed by atoms with Crippen molar-refractivity contribution in [2.45, 2.75) is 6.54 Å². The van der Waals surface area contributed by atoms with E-state index in [1.165, 1.54) is 0 Å². The lowest BCUT2D eigenvalue weighted by Crippen LogP contribution is -2.32. The molecule has 0 saturated carbocycles. The minimum atomic E-state index is -0.879. The molecular formula is C12H15Cl2NO3. The molecule has 18 heavy (non-hydrogen) atoms. The van der Waals surface area contributed by atoms with E-state index in [-0.39, 0.29) is 6.54 Å². The number of ether oxygens (including phenoxy) is 1. The van der Waals surface area contributed by atoms with Crippen LogP contribution in [0.1, 0.15) is 5.56 Å². The molecule has 1 aromatic rings. The first-order valence-electron chi connectivity index (χ1n) is 5.40. The van der Waals surface area contributed by atoms with Gasteiger partial charge in [-0.3, -0.25) is 9.69 Å². The molecule has 0 heterocycles. The summed E-state index contributed by atoms with van der Waals surface area (Å²) in [7, 11) is 1.58. The molecule has 6 heteroatoms. The van der Waals surface area contributed by atoms with E-state index >= 15 is 0 Å². The van der Waals surface area contributed by atoms with Crippen molar-refractivity contribution in [2.75, 3.05) is 26.8 Å². The van der Waals surface area contributed by atoms with Crippen LogP contribution in [0.5, 0.6) is 0 Å². The Hall–Kier alpha value is -0.810. The smallest absolute Gasteiger partial charge is 0.317 e. The van der Waals surface area contributed by atoms with Gasteiger partial charge in [0, 0.05) is 30.2 Å².